The molecular formula is C19H32N2O2S. The van der Waals surface area contributed by atoms with E-state index in [0.29, 0.717) is 12.3 Å². The summed E-state index contributed by atoms with van der Waals surface area (Å²) in [6.07, 6.45) is 3.82. The van der Waals surface area contributed by atoms with Crippen LogP contribution in [0.15, 0.2) is 33.6 Å². The molecule has 0 heterocycles. The van der Waals surface area contributed by atoms with Crippen LogP contribution in [0, 0.1) is 6.92 Å². The fourth-order valence-corrected chi connectivity index (χ4v) is 3.90. The number of rotatable bonds is 8. The van der Waals surface area contributed by atoms with Gasteiger partial charge in [-0.1, -0.05) is 37.5 Å². The van der Waals surface area contributed by atoms with E-state index >= 15 is 0 Å². The van der Waals surface area contributed by atoms with E-state index < -0.39 is 10.0 Å². The van der Waals surface area contributed by atoms with E-state index in [1.54, 1.807) is 12.1 Å². The van der Waals surface area contributed by atoms with Crippen molar-refractivity contribution in [2.45, 2.75) is 84.2 Å². The topological polar surface area (TPSA) is 49.7 Å². The summed E-state index contributed by atoms with van der Waals surface area (Å²) in [4.78, 5) is 2.37. The van der Waals surface area contributed by atoms with Crippen molar-refractivity contribution in [2.24, 2.45) is 4.40 Å². The molecule has 0 radical (unpaired) electrons. The maximum absolute atomic E-state index is 12.7. The second kappa shape index (κ2) is 9.21. The average molecular weight is 353 g/mol. The average Bonchev–Trinajstić information content (AvgIpc) is 2.46. The van der Waals surface area contributed by atoms with Crippen molar-refractivity contribution in [2.75, 3.05) is 0 Å². The Hall–Kier alpha value is -1.36. The number of sulfonamides is 1. The third kappa shape index (κ3) is 5.93. The lowest BCUT2D eigenvalue weighted by Crippen LogP contribution is -2.42. The molecule has 0 aliphatic heterocycles. The Morgan fingerprint density at radius 2 is 1.58 bits per heavy atom. The molecule has 136 valence electrons. The number of unbranched alkanes of at least 4 members (excludes halogenated alkanes) is 2. The second-order valence-corrected chi connectivity index (χ2v) is 8.45. The molecule has 0 aromatic heterocycles. The molecule has 0 saturated carbocycles. The fraction of sp³-hybridized carbons (Fsp3) is 0.632. The number of amidine groups is 1. The summed E-state index contributed by atoms with van der Waals surface area (Å²) in [7, 11) is -3.68. The van der Waals surface area contributed by atoms with E-state index in [0.717, 1.165) is 24.8 Å². The first-order valence-electron chi connectivity index (χ1n) is 8.88. The largest absolute Gasteiger partial charge is 0.354 e. The van der Waals surface area contributed by atoms with Gasteiger partial charge in [0, 0.05) is 18.5 Å². The highest BCUT2D eigenvalue weighted by Gasteiger charge is 2.22. The highest BCUT2D eigenvalue weighted by molar-refractivity contribution is 7.90. The van der Waals surface area contributed by atoms with Crippen LogP contribution in [0.4, 0.5) is 0 Å². The highest BCUT2D eigenvalue weighted by atomic mass is 32.2. The number of nitrogens with zero attached hydrogens (tertiary/aromatic N) is 2. The normalized spacial score (nSPS) is 12.9. The van der Waals surface area contributed by atoms with Gasteiger partial charge in [0.1, 0.15) is 5.84 Å². The van der Waals surface area contributed by atoms with E-state index in [4.69, 9.17) is 0 Å². The zero-order valence-corrected chi connectivity index (χ0v) is 16.7. The predicted octanol–water partition coefficient (Wildman–Crippen LogP) is 4.78. The van der Waals surface area contributed by atoms with Gasteiger partial charge >= 0.3 is 0 Å². The fourth-order valence-electron chi connectivity index (χ4n) is 2.85. The van der Waals surface area contributed by atoms with Crippen molar-refractivity contribution in [3.8, 4) is 0 Å². The van der Waals surface area contributed by atoms with Crippen molar-refractivity contribution < 1.29 is 8.42 Å². The van der Waals surface area contributed by atoms with Crippen LogP contribution in [-0.2, 0) is 10.0 Å². The summed E-state index contributed by atoms with van der Waals surface area (Å²) in [5, 5.41) is 0. The summed E-state index contributed by atoms with van der Waals surface area (Å²) < 4.78 is 29.7. The van der Waals surface area contributed by atoms with Crippen LogP contribution in [0.2, 0.25) is 0 Å². The Kier molecular flexibility index (Phi) is 7.94. The quantitative estimate of drug-likeness (QED) is 0.384. The minimum atomic E-state index is -3.68. The van der Waals surface area contributed by atoms with Gasteiger partial charge in [0.15, 0.2) is 0 Å². The lowest BCUT2D eigenvalue weighted by Gasteiger charge is -2.34. The molecule has 24 heavy (non-hydrogen) atoms. The van der Waals surface area contributed by atoms with Crippen LogP contribution in [0.1, 0.15) is 65.9 Å². The Labute approximate surface area is 148 Å². The molecule has 0 spiro atoms. The molecule has 0 fully saturated rings. The molecule has 1 aromatic carbocycles. The molecule has 0 amide bonds. The SMILES string of the molecule is CCCCC/C(=N\S(=O)(=O)c1ccc(C)cc1)N(C(C)C)C(C)C. The molecule has 1 aromatic rings. The van der Waals surface area contributed by atoms with Gasteiger partial charge in [-0.25, -0.2) is 0 Å². The molecule has 4 nitrogen and oxygen atoms in total. The van der Waals surface area contributed by atoms with Crippen molar-refractivity contribution in [1.29, 1.82) is 0 Å². The number of hydrogen-bond donors (Lipinski definition) is 0. The van der Waals surface area contributed by atoms with E-state index in [9.17, 15) is 8.42 Å². The third-order valence-electron chi connectivity index (χ3n) is 3.96. The van der Waals surface area contributed by atoms with Crippen LogP contribution in [0.5, 0.6) is 0 Å². The van der Waals surface area contributed by atoms with Gasteiger partial charge in [0.05, 0.1) is 4.90 Å². The van der Waals surface area contributed by atoms with Crippen molar-refractivity contribution >= 4 is 15.9 Å². The number of hydrogen-bond acceptors (Lipinski definition) is 2. The first kappa shape index (κ1) is 20.7. The Morgan fingerprint density at radius 1 is 1.04 bits per heavy atom. The first-order chi connectivity index (χ1) is 11.2. The minimum Gasteiger partial charge on any atom is -0.354 e. The number of aryl methyl sites for hydroxylation is 1. The molecule has 1 rings (SSSR count). The molecule has 0 unspecified atom stereocenters. The lowest BCUT2D eigenvalue weighted by atomic mass is 10.1. The molecule has 0 aliphatic rings. The van der Waals surface area contributed by atoms with Crippen LogP contribution in [0.25, 0.3) is 0 Å². The van der Waals surface area contributed by atoms with Crippen LogP contribution in [0.3, 0.4) is 0 Å². The van der Waals surface area contributed by atoms with Gasteiger partial charge in [-0.15, -0.1) is 4.40 Å². The first-order valence-corrected chi connectivity index (χ1v) is 10.3. The van der Waals surface area contributed by atoms with E-state index in [1.165, 1.54) is 0 Å². The Morgan fingerprint density at radius 3 is 2.04 bits per heavy atom. The Balaban J connectivity index is 3.24. The summed E-state index contributed by atoms with van der Waals surface area (Å²) in [6.45, 7) is 12.4. The van der Waals surface area contributed by atoms with Gasteiger partial charge in [-0.05, 0) is 53.2 Å². The van der Waals surface area contributed by atoms with E-state index in [-0.39, 0.29) is 17.0 Å². The zero-order chi connectivity index (χ0) is 18.3. The van der Waals surface area contributed by atoms with E-state index in [1.807, 2.05) is 19.1 Å². The monoisotopic (exact) mass is 352 g/mol. The molecule has 0 N–H and O–H groups in total. The van der Waals surface area contributed by atoms with Gasteiger partial charge < -0.3 is 4.90 Å². The summed E-state index contributed by atoms with van der Waals surface area (Å²) >= 11 is 0. The smallest absolute Gasteiger partial charge is 0.283 e. The third-order valence-corrected chi connectivity index (χ3v) is 5.28. The molecule has 5 heteroatoms. The minimum absolute atomic E-state index is 0.207. The number of benzene rings is 1. The van der Waals surface area contributed by atoms with Gasteiger partial charge in [0.25, 0.3) is 10.0 Å². The summed E-state index contributed by atoms with van der Waals surface area (Å²) in [6, 6.07) is 7.29. The summed E-state index contributed by atoms with van der Waals surface area (Å²) in [5.41, 5.74) is 1.03. The lowest BCUT2D eigenvalue weighted by molar-refractivity contribution is 0.286. The van der Waals surface area contributed by atoms with Crippen LogP contribution >= 0.6 is 0 Å². The molecule has 0 aliphatic carbocycles. The summed E-state index contributed by atoms with van der Waals surface area (Å²) in [5.74, 6) is 0.675. The zero-order valence-electron chi connectivity index (χ0n) is 15.9. The maximum Gasteiger partial charge on any atom is 0.283 e. The molecule has 0 bridgehead atoms. The second-order valence-electron chi connectivity index (χ2n) is 6.85. The van der Waals surface area contributed by atoms with Crippen LogP contribution in [-0.4, -0.2) is 31.2 Å². The standard InChI is InChI=1S/C19H32N2O2S/c1-7-8-9-10-19(21(15(2)3)16(4)5)20-24(22,23)18-13-11-17(6)12-14-18/h11-16H,7-10H2,1-6H3/b20-19+. The van der Waals surface area contributed by atoms with E-state index in [2.05, 4.69) is 43.9 Å². The highest BCUT2D eigenvalue weighted by Crippen LogP contribution is 2.18. The van der Waals surface area contributed by atoms with Crippen LogP contribution < -0.4 is 0 Å². The van der Waals surface area contributed by atoms with Gasteiger partial charge in [0.2, 0.25) is 0 Å². The van der Waals surface area contributed by atoms with Crippen molar-refractivity contribution in [3.05, 3.63) is 29.8 Å². The molecule has 0 saturated heterocycles. The van der Waals surface area contributed by atoms with Crippen molar-refractivity contribution in [1.82, 2.24) is 4.90 Å². The Bertz CT molecular complexity index is 624. The molecule has 0 atom stereocenters. The molecular weight excluding hydrogens is 320 g/mol. The van der Waals surface area contributed by atoms with Gasteiger partial charge in [-0.3, -0.25) is 0 Å². The maximum atomic E-state index is 12.7. The predicted molar refractivity (Wildman–Crippen MR) is 102 cm³/mol. The van der Waals surface area contributed by atoms with Crippen molar-refractivity contribution in [3.63, 3.8) is 0 Å². The van der Waals surface area contributed by atoms with Gasteiger partial charge in [-0.2, -0.15) is 8.42 Å².